The van der Waals surface area contributed by atoms with Crippen LogP contribution in [0, 0.1) is 114 Å². The maximum atomic E-state index is 15.3. The fraction of sp³-hybridized carbons (Fsp3) is 0. The number of benzene rings is 1. The van der Waals surface area contributed by atoms with Crippen LogP contribution in [0.3, 0.4) is 0 Å². The molecule has 0 spiro atoms. The van der Waals surface area contributed by atoms with Crippen LogP contribution in [0.1, 0.15) is 50.3 Å². The molecular weight excluding hydrogens is 588 g/mol. The molecule has 0 saturated heterocycles. The van der Waals surface area contributed by atoms with Crippen molar-refractivity contribution in [2.75, 3.05) is 0 Å². The topological polar surface area (TPSA) is 240 Å². The quantitative estimate of drug-likeness (QED) is 0.287. The van der Waals surface area contributed by atoms with Crippen molar-refractivity contribution in [1.82, 2.24) is 9.97 Å². The van der Waals surface area contributed by atoms with Gasteiger partial charge in [-0.05, 0) is 35.9 Å². The largest absolute Gasteiger partial charge is 0.222 e. The highest BCUT2D eigenvalue weighted by atomic mass is 19.1. The molecule has 5 rings (SSSR count). The minimum Gasteiger partial charge on any atom is -0.208 e. The van der Waals surface area contributed by atoms with E-state index in [4.69, 9.17) is 10.5 Å². The summed E-state index contributed by atoms with van der Waals surface area (Å²) in [5.74, 6) is -2.46. The number of fused-ring (bicyclic) bond motifs is 2. The van der Waals surface area contributed by atoms with E-state index in [0.717, 1.165) is 24.3 Å². The van der Waals surface area contributed by atoms with Gasteiger partial charge in [-0.2, -0.15) is 56.1 Å². The first-order valence-corrected chi connectivity index (χ1v) is 12.4. The summed E-state index contributed by atoms with van der Waals surface area (Å²) in [6.45, 7) is 0. The third kappa shape index (κ3) is 4.01. The van der Waals surface area contributed by atoms with Crippen LogP contribution in [-0.2, 0) is 0 Å². The van der Waals surface area contributed by atoms with E-state index in [2.05, 4.69) is 9.97 Å². The van der Waals surface area contributed by atoms with E-state index in [1.54, 1.807) is 36.4 Å². The molecule has 3 aromatic rings. The predicted octanol–water partition coefficient (Wildman–Crippen LogP) is 4.87. The first kappa shape index (κ1) is 29.2. The van der Waals surface area contributed by atoms with Crippen molar-refractivity contribution in [1.29, 1.82) is 47.4 Å². The SMILES string of the molecule is N#CC(C#N)=C1C(c2ccc(C#N)nc2F)=C(C#N)c2c1cc1c(c2C#N)C(=C(C#N)C#N)C(c2ccc(C#N)nc2F)=C1C#N. The number of nitrogens with zero attached hydrogens (tertiary/aromatic N) is 11. The molecule has 206 valence electrons. The Morgan fingerprint density at radius 3 is 1.39 bits per heavy atom. The van der Waals surface area contributed by atoms with Gasteiger partial charge in [-0.25, -0.2) is 9.97 Å². The van der Waals surface area contributed by atoms with Crippen molar-refractivity contribution in [3.63, 3.8) is 0 Å². The highest BCUT2D eigenvalue weighted by molar-refractivity contribution is 6.31. The standard InChI is InChI=1S/C33H5F2N11/c34-32-19(3-1-17(10-40)45-32)29-23(12-42)21-5-22-26(15(6-36)7-37)30(20-4-2-18(11-41)46-33(20)35)24(13-43)28(22)25(14-44)31(21)27(29)16(8-38)9-39/h1-5H. The molecule has 0 atom stereocenters. The number of hydrogen-bond donors (Lipinski definition) is 0. The Balaban J connectivity index is 2.03. The lowest BCUT2D eigenvalue weighted by Crippen LogP contribution is -2.01. The average molecular weight is 593 g/mol. The Kier molecular flexibility index (Phi) is 7.12. The van der Waals surface area contributed by atoms with Crippen LogP contribution < -0.4 is 0 Å². The lowest BCUT2D eigenvalue weighted by Gasteiger charge is -2.13. The zero-order chi connectivity index (χ0) is 33.3. The maximum Gasteiger partial charge on any atom is 0.222 e. The van der Waals surface area contributed by atoms with Gasteiger partial charge in [0.1, 0.15) is 77.2 Å². The smallest absolute Gasteiger partial charge is 0.208 e. The van der Waals surface area contributed by atoms with Crippen LogP contribution in [0.4, 0.5) is 8.78 Å². The third-order valence-corrected chi connectivity index (χ3v) is 7.11. The van der Waals surface area contributed by atoms with Gasteiger partial charge in [-0.1, -0.05) is 0 Å². The molecule has 2 aliphatic carbocycles. The highest BCUT2D eigenvalue weighted by Gasteiger charge is 2.41. The summed E-state index contributed by atoms with van der Waals surface area (Å²) < 4.78 is 30.7. The van der Waals surface area contributed by atoms with Gasteiger partial charge in [0.25, 0.3) is 0 Å². The molecule has 0 N–H and O–H groups in total. The molecule has 0 unspecified atom stereocenters. The van der Waals surface area contributed by atoms with Crippen molar-refractivity contribution < 1.29 is 8.78 Å². The van der Waals surface area contributed by atoms with Gasteiger partial charge >= 0.3 is 0 Å². The average Bonchev–Trinajstić information content (AvgIpc) is 3.57. The Bertz CT molecular complexity index is 2510. The molecule has 13 heteroatoms. The van der Waals surface area contributed by atoms with E-state index in [0.29, 0.717) is 0 Å². The van der Waals surface area contributed by atoms with Gasteiger partial charge < -0.3 is 0 Å². The van der Waals surface area contributed by atoms with Crippen molar-refractivity contribution in [2.24, 2.45) is 0 Å². The molecule has 0 aliphatic heterocycles. The van der Waals surface area contributed by atoms with Gasteiger partial charge in [-0.3, -0.25) is 0 Å². The minimum absolute atomic E-state index is 0.119. The third-order valence-electron chi connectivity index (χ3n) is 7.11. The number of nitriles is 9. The summed E-state index contributed by atoms with van der Waals surface area (Å²) in [5.41, 5.74) is -5.70. The summed E-state index contributed by atoms with van der Waals surface area (Å²) in [6, 6.07) is 21.5. The van der Waals surface area contributed by atoms with Gasteiger partial charge in [0.15, 0.2) is 0 Å². The minimum atomic E-state index is -1.23. The zero-order valence-electron chi connectivity index (χ0n) is 22.6. The summed E-state index contributed by atoms with van der Waals surface area (Å²) in [5, 5.41) is 89.1. The Morgan fingerprint density at radius 1 is 0.500 bits per heavy atom. The fourth-order valence-corrected chi connectivity index (χ4v) is 5.39. The molecule has 0 saturated carbocycles. The Labute approximate surface area is 257 Å². The van der Waals surface area contributed by atoms with Crippen LogP contribution in [0.15, 0.2) is 41.5 Å². The summed E-state index contributed by atoms with van der Waals surface area (Å²) >= 11 is 0. The Morgan fingerprint density at radius 2 is 0.978 bits per heavy atom. The first-order chi connectivity index (χ1) is 22.3. The molecule has 2 heterocycles. The van der Waals surface area contributed by atoms with Crippen LogP contribution in [0.25, 0.3) is 33.4 Å². The molecule has 46 heavy (non-hydrogen) atoms. The second-order valence-corrected chi connectivity index (χ2v) is 9.17. The molecular formula is C33H5F2N11. The molecule has 0 amide bonds. The van der Waals surface area contributed by atoms with Crippen molar-refractivity contribution in [2.45, 2.75) is 0 Å². The number of pyridine rings is 2. The number of aromatic nitrogens is 2. The first-order valence-electron chi connectivity index (χ1n) is 12.4. The molecule has 11 nitrogen and oxygen atoms in total. The summed E-state index contributed by atoms with van der Waals surface area (Å²) in [7, 11) is 0. The van der Waals surface area contributed by atoms with Gasteiger partial charge in [-0.15, -0.1) is 0 Å². The molecule has 2 aliphatic rings. The Hall–Kier alpha value is -8.25. The van der Waals surface area contributed by atoms with E-state index in [1.807, 2.05) is 18.2 Å². The van der Waals surface area contributed by atoms with E-state index in [1.165, 1.54) is 6.07 Å². The molecule has 0 bridgehead atoms. The van der Waals surface area contributed by atoms with Gasteiger partial charge in [0, 0.05) is 50.1 Å². The molecule has 2 aromatic heterocycles. The summed E-state index contributed by atoms with van der Waals surface area (Å²) in [6.07, 6.45) is 0. The molecule has 1 aromatic carbocycles. The normalized spacial score (nSPS) is 12.1. The second kappa shape index (κ2) is 11.2. The number of allylic oxidation sites excluding steroid dienone is 8. The van der Waals surface area contributed by atoms with E-state index >= 15 is 8.78 Å². The van der Waals surface area contributed by atoms with Crippen LogP contribution in [0.5, 0.6) is 0 Å². The van der Waals surface area contributed by atoms with E-state index in [9.17, 15) is 36.8 Å². The van der Waals surface area contributed by atoms with E-state index < -0.39 is 34.2 Å². The van der Waals surface area contributed by atoms with Crippen molar-refractivity contribution in [3.8, 4) is 54.6 Å². The van der Waals surface area contributed by atoms with Crippen LogP contribution >= 0.6 is 0 Å². The van der Waals surface area contributed by atoms with Crippen molar-refractivity contribution >= 4 is 33.4 Å². The predicted molar refractivity (Wildman–Crippen MR) is 150 cm³/mol. The monoisotopic (exact) mass is 593 g/mol. The number of rotatable bonds is 2. The van der Waals surface area contributed by atoms with Crippen LogP contribution in [-0.4, -0.2) is 9.97 Å². The number of halogens is 2. The second-order valence-electron chi connectivity index (χ2n) is 9.17. The molecule has 0 fully saturated rings. The lowest BCUT2D eigenvalue weighted by atomic mass is 9.86. The maximum absolute atomic E-state index is 15.3. The fourth-order valence-electron chi connectivity index (χ4n) is 5.39. The van der Waals surface area contributed by atoms with Gasteiger partial charge in [0.2, 0.25) is 11.9 Å². The van der Waals surface area contributed by atoms with Gasteiger partial charge in [0.05, 0.1) is 16.7 Å². The summed E-state index contributed by atoms with van der Waals surface area (Å²) in [4.78, 5) is 7.10. The zero-order valence-corrected chi connectivity index (χ0v) is 22.6. The number of hydrogen-bond acceptors (Lipinski definition) is 11. The molecule has 0 radical (unpaired) electrons. The van der Waals surface area contributed by atoms with Crippen molar-refractivity contribution in [3.05, 3.63) is 104 Å². The lowest BCUT2D eigenvalue weighted by molar-refractivity contribution is 0.578. The highest BCUT2D eigenvalue weighted by Crippen LogP contribution is 2.56. The van der Waals surface area contributed by atoms with Crippen LogP contribution in [0.2, 0.25) is 0 Å². The van der Waals surface area contributed by atoms with E-state index in [-0.39, 0.29) is 72.6 Å².